The molecular weight excluding hydrogens is 384 g/mol. The van der Waals surface area contributed by atoms with Gasteiger partial charge in [-0.05, 0) is 49.9 Å². The van der Waals surface area contributed by atoms with Crippen molar-refractivity contribution in [2.75, 3.05) is 18.4 Å². The predicted octanol–water partition coefficient (Wildman–Crippen LogP) is 1.03. The van der Waals surface area contributed by atoms with Crippen molar-refractivity contribution in [1.82, 2.24) is 14.9 Å². The van der Waals surface area contributed by atoms with Gasteiger partial charge in [0.05, 0.1) is 10.8 Å². The summed E-state index contributed by atoms with van der Waals surface area (Å²) in [5, 5.41) is 5.70. The molecule has 3 N–H and O–H groups in total. The summed E-state index contributed by atoms with van der Waals surface area (Å²) in [6.45, 7) is 2.11. The number of hydrogen-bond acceptors (Lipinski definition) is 5. The number of nitrogens with zero attached hydrogens (tertiary/aromatic N) is 1. The van der Waals surface area contributed by atoms with E-state index >= 15 is 0 Å². The third kappa shape index (κ3) is 5.22. The Morgan fingerprint density at radius 3 is 2.36 bits per heavy atom. The van der Waals surface area contributed by atoms with Gasteiger partial charge in [0.15, 0.2) is 0 Å². The van der Waals surface area contributed by atoms with Crippen molar-refractivity contribution in [3.63, 3.8) is 0 Å². The molecule has 0 aromatic heterocycles. The molecule has 4 amide bonds. The molecule has 1 aliphatic heterocycles. The first kappa shape index (κ1) is 20.1. The van der Waals surface area contributed by atoms with Crippen molar-refractivity contribution >= 4 is 33.6 Å². The quantitative estimate of drug-likeness (QED) is 0.671. The molecule has 1 aromatic carbocycles. The van der Waals surface area contributed by atoms with Gasteiger partial charge < -0.3 is 15.5 Å². The highest BCUT2D eigenvalue weighted by Crippen LogP contribution is 2.22. The van der Waals surface area contributed by atoms with Crippen molar-refractivity contribution in [1.29, 1.82) is 0 Å². The molecule has 2 aliphatic rings. The lowest BCUT2D eigenvalue weighted by atomic mass is 9.97. The fraction of sp³-hybridized carbons (Fsp3) is 0.500. The maximum atomic E-state index is 12.6. The second-order valence-corrected chi connectivity index (χ2v) is 8.87. The van der Waals surface area contributed by atoms with E-state index in [1.165, 1.54) is 24.3 Å². The van der Waals surface area contributed by atoms with Crippen LogP contribution in [-0.2, 0) is 19.6 Å². The molecule has 0 radical (unpaired) electrons. The molecule has 152 valence electrons. The third-order valence-electron chi connectivity index (χ3n) is 4.69. The Morgan fingerprint density at radius 2 is 1.75 bits per heavy atom. The van der Waals surface area contributed by atoms with Crippen LogP contribution in [0.1, 0.15) is 32.6 Å². The van der Waals surface area contributed by atoms with E-state index in [-0.39, 0.29) is 28.8 Å². The Labute approximate surface area is 163 Å². The van der Waals surface area contributed by atoms with E-state index in [0.29, 0.717) is 25.2 Å². The van der Waals surface area contributed by atoms with Crippen LogP contribution in [0.5, 0.6) is 0 Å². The molecule has 1 unspecified atom stereocenters. The van der Waals surface area contributed by atoms with Gasteiger partial charge in [-0.25, -0.2) is 17.9 Å². The van der Waals surface area contributed by atoms with Crippen molar-refractivity contribution in [2.45, 2.75) is 43.5 Å². The Morgan fingerprint density at radius 1 is 1.07 bits per heavy atom. The van der Waals surface area contributed by atoms with E-state index in [1.807, 2.05) is 4.72 Å². The van der Waals surface area contributed by atoms with Crippen molar-refractivity contribution in [3.8, 4) is 0 Å². The Hall–Kier alpha value is -2.62. The zero-order chi connectivity index (χ0) is 20.3. The van der Waals surface area contributed by atoms with E-state index in [1.54, 1.807) is 4.90 Å². The van der Waals surface area contributed by atoms with Crippen LogP contribution in [0.15, 0.2) is 29.2 Å². The fourth-order valence-electron chi connectivity index (χ4n) is 3.08. The summed E-state index contributed by atoms with van der Waals surface area (Å²) in [5.41, 5.74) is 0.450. The third-order valence-corrected chi connectivity index (χ3v) is 6.14. The number of rotatable bonds is 5. The van der Waals surface area contributed by atoms with Crippen molar-refractivity contribution in [2.24, 2.45) is 5.92 Å². The highest BCUT2D eigenvalue weighted by molar-refractivity contribution is 7.90. The smallest absolute Gasteiger partial charge is 0.317 e. The molecule has 1 heterocycles. The highest BCUT2D eigenvalue weighted by Gasteiger charge is 2.31. The Bertz CT molecular complexity index is 864. The van der Waals surface area contributed by atoms with E-state index in [0.717, 1.165) is 26.2 Å². The summed E-state index contributed by atoms with van der Waals surface area (Å²) in [5.74, 6) is -1.20. The zero-order valence-electron chi connectivity index (χ0n) is 15.6. The van der Waals surface area contributed by atoms with Gasteiger partial charge >= 0.3 is 6.03 Å². The number of sulfonamides is 1. The van der Waals surface area contributed by atoms with Gasteiger partial charge in [0.2, 0.25) is 11.8 Å². The SMILES string of the molecule is CC(=O)NS(=O)(=O)c1ccc(NC(=O)C2CCCN(C(=O)NC3CC3)C2)cc1. The zero-order valence-corrected chi connectivity index (χ0v) is 16.4. The summed E-state index contributed by atoms with van der Waals surface area (Å²) in [6.07, 6.45) is 3.46. The summed E-state index contributed by atoms with van der Waals surface area (Å²) in [7, 11) is -3.91. The minimum atomic E-state index is -3.91. The summed E-state index contributed by atoms with van der Waals surface area (Å²) >= 11 is 0. The second kappa shape index (κ2) is 8.17. The first-order valence-electron chi connectivity index (χ1n) is 9.24. The van der Waals surface area contributed by atoms with Crippen molar-refractivity contribution in [3.05, 3.63) is 24.3 Å². The molecule has 0 bridgehead atoms. The molecule has 1 atom stereocenters. The van der Waals surface area contributed by atoms with Crippen LogP contribution in [-0.4, -0.2) is 50.3 Å². The van der Waals surface area contributed by atoms with Crippen LogP contribution in [0.2, 0.25) is 0 Å². The summed E-state index contributed by atoms with van der Waals surface area (Å²) in [4.78, 5) is 37.3. The first-order valence-corrected chi connectivity index (χ1v) is 10.7. The topological polar surface area (TPSA) is 125 Å². The molecule has 9 nitrogen and oxygen atoms in total. The Balaban J connectivity index is 1.57. The number of urea groups is 1. The molecule has 10 heteroatoms. The molecule has 3 rings (SSSR count). The van der Waals surface area contributed by atoms with E-state index < -0.39 is 15.9 Å². The average Bonchev–Trinajstić information content (AvgIpc) is 3.45. The van der Waals surface area contributed by atoms with Crippen molar-refractivity contribution < 1.29 is 22.8 Å². The number of likely N-dealkylation sites (tertiary alicyclic amines) is 1. The highest BCUT2D eigenvalue weighted by atomic mass is 32.2. The van der Waals surface area contributed by atoms with Crippen LogP contribution in [0.4, 0.5) is 10.5 Å². The number of piperidine rings is 1. The number of nitrogens with one attached hydrogen (secondary N) is 3. The van der Waals surface area contributed by atoms with Gasteiger partial charge in [0, 0.05) is 31.7 Å². The van der Waals surface area contributed by atoms with Crippen LogP contribution in [0.25, 0.3) is 0 Å². The molecule has 2 fully saturated rings. The van der Waals surface area contributed by atoms with Crippen LogP contribution in [0.3, 0.4) is 0 Å². The van der Waals surface area contributed by atoms with E-state index in [4.69, 9.17) is 0 Å². The van der Waals surface area contributed by atoms with E-state index in [9.17, 15) is 22.8 Å². The van der Waals surface area contributed by atoms with Gasteiger partial charge in [-0.3, -0.25) is 9.59 Å². The number of carbonyl (C=O) groups excluding carboxylic acids is 3. The van der Waals surface area contributed by atoms with Crippen LogP contribution in [0, 0.1) is 5.92 Å². The largest absolute Gasteiger partial charge is 0.335 e. The van der Waals surface area contributed by atoms with E-state index in [2.05, 4.69) is 10.6 Å². The molecule has 1 saturated carbocycles. The fourth-order valence-corrected chi connectivity index (χ4v) is 4.07. The second-order valence-electron chi connectivity index (χ2n) is 7.18. The first-order chi connectivity index (χ1) is 13.2. The molecular formula is C18H24N4O5S. The minimum Gasteiger partial charge on any atom is -0.335 e. The standard InChI is InChI=1S/C18H24N4O5S/c1-12(23)21-28(26,27)16-8-6-14(7-9-16)19-17(24)13-3-2-10-22(11-13)18(25)20-15-4-5-15/h6-9,13,15H,2-5,10-11H2,1H3,(H,19,24)(H,20,25)(H,21,23). The van der Waals surface area contributed by atoms with Gasteiger partial charge in [0.25, 0.3) is 10.0 Å². The molecule has 0 spiro atoms. The number of amides is 4. The monoisotopic (exact) mass is 408 g/mol. The van der Waals surface area contributed by atoms with Crippen LogP contribution >= 0.6 is 0 Å². The average molecular weight is 408 g/mol. The lowest BCUT2D eigenvalue weighted by Crippen LogP contribution is -2.48. The van der Waals surface area contributed by atoms with Gasteiger partial charge in [-0.1, -0.05) is 0 Å². The minimum absolute atomic E-state index is 0.0683. The number of benzene rings is 1. The summed E-state index contributed by atoms with van der Waals surface area (Å²) < 4.78 is 25.8. The van der Waals surface area contributed by atoms with Gasteiger partial charge in [-0.2, -0.15) is 0 Å². The van der Waals surface area contributed by atoms with Gasteiger partial charge in [-0.15, -0.1) is 0 Å². The van der Waals surface area contributed by atoms with Crippen LogP contribution < -0.4 is 15.4 Å². The normalized spacial score (nSPS) is 19.6. The summed E-state index contributed by atoms with van der Waals surface area (Å²) in [6, 6.07) is 5.72. The molecule has 1 aromatic rings. The lowest BCUT2D eigenvalue weighted by molar-refractivity contribution is -0.121. The number of carbonyl (C=O) groups is 3. The Kier molecular flexibility index (Phi) is 5.87. The molecule has 28 heavy (non-hydrogen) atoms. The maximum absolute atomic E-state index is 12.6. The number of anilines is 1. The molecule has 1 saturated heterocycles. The number of hydrogen-bond donors (Lipinski definition) is 3. The molecule has 1 aliphatic carbocycles. The maximum Gasteiger partial charge on any atom is 0.317 e. The van der Waals surface area contributed by atoms with Gasteiger partial charge in [0.1, 0.15) is 0 Å². The predicted molar refractivity (Wildman–Crippen MR) is 102 cm³/mol. The lowest BCUT2D eigenvalue weighted by Gasteiger charge is -2.32.